The Morgan fingerprint density at radius 1 is 1.38 bits per heavy atom. The third kappa shape index (κ3) is 4.19. The fourth-order valence-corrected chi connectivity index (χ4v) is 1.58. The lowest BCUT2D eigenvalue weighted by molar-refractivity contribution is 0.552. The number of aromatic nitrogens is 1. The molecule has 0 bridgehead atoms. The lowest BCUT2D eigenvalue weighted by atomic mass is 10.2. The molecule has 0 aliphatic heterocycles. The van der Waals surface area contributed by atoms with Crippen molar-refractivity contribution in [3.63, 3.8) is 0 Å². The van der Waals surface area contributed by atoms with Gasteiger partial charge < -0.3 is 10.6 Å². The number of anilines is 1. The Kier molecular flexibility index (Phi) is 5.26. The van der Waals surface area contributed by atoms with Crippen molar-refractivity contribution in [2.45, 2.75) is 34.2 Å². The highest BCUT2D eigenvalue weighted by atomic mass is 14.9. The van der Waals surface area contributed by atoms with Gasteiger partial charge >= 0.3 is 0 Å². The molecule has 0 aliphatic carbocycles. The SMILES string of the molecule is CCNc1cc(C)ncc1CNCC(C)C. The predicted molar refractivity (Wildman–Crippen MR) is 69.7 cm³/mol. The van der Waals surface area contributed by atoms with E-state index < -0.39 is 0 Å². The molecule has 90 valence electrons. The Balaban J connectivity index is 2.63. The highest BCUT2D eigenvalue weighted by molar-refractivity contribution is 5.50. The van der Waals surface area contributed by atoms with Crippen LogP contribution in [-0.2, 0) is 6.54 Å². The molecular formula is C13H23N3. The molecule has 0 amide bonds. The van der Waals surface area contributed by atoms with E-state index in [-0.39, 0.29) is 0 Å². The molecule has 0 saturated carbocycles. The second-order valence-corrected chi connectivity index (χ2v) is 4.54. The van der Waals surface area contributed by atoms with E-state index in [0.29, 0.717) is 5.92 Å². The minimum atomic E-state index is 0.681. The number of hydrogen-bond acceptors (Lipinski definition) is 3. The zero-order chi connectivity index (χ0) is 12.0. The molecule has 3 nitrogen and oxygen atoms in total. The quantitative estimate of drug-likeness (QED) is 0.775. The minimum absolute atomic E-state index is 0.681. The zero-order valence-corrected chi connectivity index (χ0v) is 10.8. The molecule has 1 heterocycles. The zero-order valence-electron chi connectivity index (χ0n) is 10.8. The van der Waals surface area contributed by atoms with Crippen LogP contribution in [-0.4, -0.2) is 18.1 Å². The molecule has 1 aromatic rings. The Bertz CT molecular complexity index is 321. The molecule has 3 heteroatoms. The van der Waals surface area contributed by atoms with E-state index in [1.165, 1.54) is 11.3 Å². The van der Waals surface area contributed by atoms with Gasteiger partial charge in [-0.15, -0.1) is 0 Å². The number of pyridine rings is 1. The molecule has 16 heavy (non-hydrogen) atoms. The van der Waals surface area contributed by atoms with Gasteiger partial charge in [-0.2, -0.15) is 0 Å². The third-order valence-electron chi connectivity index (χ3n) is 2.36. The van der Waals surface area contributed by atoms with E-state index in [9.17, 15) is 0 Å². The van der Waals surface area contributed by atoms with Crippen molar-refractivity contribution in [2.75, 3.05) is 18.4 Å². The maximum atomic E-state index is 4.34. The monoisotopic (exact) mass is 221 g/mol. The average Bonchev–Trinajstić information content (AvgIpc) is 2.21. The number of aryl methyl sites for hydroxylation is 1. The van der Waals surface area contributed by atoms with Gasteiger partial charge in [0, 0.05) is 36.2 Å². The number of rotatable bonds is 6. The molecule has 0 radical (unpaired) electrons. The van der Waals surface area contributed by atoms with Gasteiger partial charge in [-0.1, -0.05) is 13.8 Å². The first-order chi connectivity index (χ1) is 7.63. The fourth-order valence-electron chi connectivity index (χ4n) is 1.58. The minimum Gasteiger partial charge on any atom is -0.385 e. The van der Waals surface area contributed by atoms with Crippen LogP contribution in [0.15, 0.2) is 12.3 Å². The van der Waals surface area contributed by atoms with Crippen molar-refractivity contribution >= 4 is 5.69 Å². The van der Waals surface area contributed by atoms with Crippen LogP contribution in [0.3, 0.4) is 0 Å². The summed E-state index contributed by atoms with van der Waals surface area (Å²) in [5.74, 6) is 0.681. The van der Waals surface area contributed by atoms with Crippen LogP contribution in [0.4, 0.5) is 5.69 Å². The lowest BCUT2D eigenvalue weighted by Crippen LogP contribution is -2.20. The van der Waals surface area contributed by atoms with E-state index in [4.69, 9.17) is 0 Å². The summed E-state index contributed by atoms with van der Waals surface area (Å²) in [4.78, 5) is 4.34. The Morgan fingerprint density at radius 2 is 2.12 bits per heavy atom. The van der Waals surface area contributed by atoms with Gasteiger partial charge in [0.25, 0.3) is 0 Å². The van der Waals surface area contributed by atoms with Crippen molar-refractivity contribution < 1.29 is 0 Å². The van der Waals surface area contributed by atoms with Gasteiger partial charge in [0.15, 0.2) is 0 Å². The van der Waals surface area contributed by atoms with Gasteiger partial charge in [-0.3, -0.25) is 4.98 Å². The highest BCUT2D eigenvalue weighted by Gasteiger charge is 2.03. The van der Waals surface area contributed by atoms with Gasteiger partial charge in [-0.05, 0) is 32.4 Å². The third-order valence-corrected chi connectivity index (χ3v) is 2.36. The summed E-state index contributed by atoms with van der Waals surface area (Å²) in [5.41, 5.74) is 3.50. The lowest BCUT2D eigenvalue weighted by Gasteiger charge is -2.13. The molecule has 1 aromatic heterocycles. The van der Waals surface area contributed by atoms with E-state index in [1.54, 1.807) is 0 Å². The average molecular weight is 221 g/mol. The van der Waals surface area contributed by atoms with Gasteiger partial charge in [0.05, 0.1) is 0 Å². The molecule has 0 unspecified atom stereocenters. The van der Waals surface area contributed by atoms with Crippen LogP contribution < -0.4 is 10.6 Å². The van der Waals surface area contributed by atoms with Crippen LogP contribution in [0, 0.1) is 12.8 Å². The molecule has 0 atom stereocenters. The van der Waals surface area contributed by atoms with Gasteiger partial charge in [-0.25, -0.2) is 0 Å². The summed E-state index contributed by atoms with van der Waals surface area (Å²) in [6, 6.07) is 2.11. The topological polar surface area (TPSA) is 37.0 Å². The molecule has 0 fully saturated rings. The summed E-state index contributed by atoms with van der Waals surface area (Å²) in [6.07, 6.45) is 1.96. The van der Waals surface area contributed by atoms with Crippen molar-refractivity contribution in [1.29, 1.82) is 0 Å². The molecule has 0 aromatic carbocycles. The van der Waals surface area contributed by atoms with Crippen molar-refractivity contribution in [3.8, 4) is 0 Å². The van der Waals surface area contributed by atoms with Crippen molar-refractivity contribution in [3.05, 3.63) is 23.5 Å². The predicted octanol–water partition coefficient (Wildman–Crippen LogP) is 2.57. The summed E-state index contributed by atoms with van der Waals surface area (Å²) >= 11 is 0. The van der Waals surface area contributed by atoms with Crippen LogP contribution in [0.25, 0.3) is 0 Å². The summed E-state index contributed by atoms with van der Waals surface area (Å²) in [5, 5.41) is 6.81. The van der Waals surface area contributed by atoms with Crippen LogP contribution >= 0.6 is 0 Å². The Hall–Kier alpha value is -1.09. The first-order valence-corrected chi connectivity index (χ1v) is 6.03. The summed E-state index contributed by atoms with van der Waals surface area (Å²) in [6.45, 7) is 11.4. The van der Waals surface area contributed by atoms with Crippen LogP contribution in [0.2, 0.25) is 0 Å². The normalized spacial score (nSPS) is 10.8. The molecule has 0 aliphatic rings. The number of hydrogen-bond donors (Lipinski definition) is 2. The number of nitrogens with one attached hydrogen (secondary N) is 2. The Labute approximate surface area is 98.7 Å². The maximum Gasteiger partial charge on any atom is 0.0419 e. The van der Waals surface area contributed by atoms with E-state index >= 15 is 0 Å². The summed E-state index contributed by atoms with van der Waals surface area (Å²) < 4.78 is 0. The fraction of sp³-hybridized carbons (Fsp3) is 0.615. The molecule has 2 N–H and O–H groups in total. The smallest absolute Gasteiger partial charge is 0.0419 e. The van der Waals surface area contributed by atoms with Crippen LogP contribution in [0.5, 0.6) is 0 Å². The Morgan fingerprint density at radius 3 is 2.75 bits per heavy atom. The number of nitrogens with zero attached hydrogens (tertiary/aromatic N) is 1. The summed E-state index contributed by atoms with van der Waals surface area (Å²) in [7, 11) is 0. The molecular weight excluding hydrogens is 198 g/mol. The van der Waals surface area contributed by atoms with E-state index in [1.807, 2.05) is 13.1 Å². The van der Waals surface area contributed by atoms with Gasteiger partial charge in [0.2, 0.25) is 0 Å². The first-order valence-electron chi connectivity index (χ1n) is 6.03. The van der Waals surface area contributed by atoms with Crippen LogP contribution in [0.1, 0.15) is 32.0 Å². The standard InChI is InChI=1S/C13H23N3/c1-5-15-13-6-11(4)16-9-12(13)8-14-7-10(2)3/h6,9-10,14H,5,7-8H2,1-4H3,(H,15,16). The molecule has 0 spiro atoms. The van der Waals surface area contributed by atoms with Crippen molar-refractivity contribution in [1.82, 2.24) is 10.3 Å². The first kappa shape index (κ1) is 13.0. The molecule has 0 saturated heterocycles. The highest BCUT2D eigenvalue weighted by Crippen LogP contribution is 2.15. The van der Waals surface area contributed by atoms with Gasteiger partial charge in [0.1, 0.15) is 0 Å². The maximum absolute atomic E-state index is 4.34. The second-order valence-electron chi connectivity index (χ2n) is 4.54. The van der Waals surface area contributed by atoms with E-state index in [0.717, 1.165) is 25.3 Å². The van der Waals surface area contributed by atoms with E-state index in [2.05, 4.69) is 42.5 Å². The van der Waals surface area contributed by atoms with Crippen molar-refractivity contribution in [2.24, 2.45) is 5.92 Å². The largest absolute Gasteiger partial charge is 0.385 e. The molecule has 1 rings (SSSR count). The second kappa shape index (κ2) is 6.48.